The number of nitrogens with zero attached hydrogens (tertiary/aromatic N) is 1. The van der Waals surface area contributed by atoms with Gasteiger partial charge in [-0.1, -0.05) is 30.3 Å². The van der Waals surface area contributed by atoms with E-state index in [0.717, 1.165) is 0 Å². The van der Waals surface area contributed by atoms with Crippen LogP contribution in [0.2, 0.25) is 0 Å². The van der Waals surface area contributed by atoms with Crippen LogP contribution >= 0.6 is 11.8 Å². The van der Waals surface area contributed by atoms with Crippen molar-refractivity contribution in [2.75, 3.05) is 0 Å². The van der Waals surface area contributed by atoms with E-state index in [9.17, 15) is 32.5 Å². The molecule has 0 aliphatic carbocycles. The molecule has 148 valence electrons. The fourth-order valence-corrected chi connectivity index (χ4v) is 5.93. The number of rotatable bonds is 5. The largest absolute Gasteiger partial charge is 1.00 e. The van der Waals surface area contributed by atoms with Crippen LogP contribution in [0.15, 0.2) is 30.3 Å². The zero-order valence-corrected chi connectivity index (χ0v) is 19.0. The van der Waals surface area contributed by atoms with E-state index in [1.165, 1.54) is 40.9 Å². The molecule has 0 saturated carbocycles. The smallest absolute Gasteiger partial charge is 1.00 e. The second kappa shape index (κ2) is 7.96. The number of carbonyl (C=O) groups is 3. The number of carboxylic acids is 1. The zero-order valence-electron chi connectivity index (χ0n) is 16.4. The summed E-state index contributed by atoms with van der Waals surface area (Å²) in [5, 5.41) is 9.26. The summed E-state index contributed by atoms with van der Waals surface area (Å²) < 4.78 is 32.2. The molecule has 28 heavy (non-hydrogen) atoms. The van der Waals surface area contributed by atoms with Gasteiger partial charge >= 0.3 is 35.5 Å². The van der Waals surface area contributed by atoms with E-state index in [4.69, 9.17) is 0 Å². The van der Waals surface area contributed by atoms with Gasteiger partial charge in [0.05, 0.1) is 0 Å². The SMILES string of the molecule is CC1(C)S[C@@H]2[C@H](NC(=O)C(c3ccccc3)S(=O)(=O)O)C(=O)N2[C@H]1C(=O)O.[H-].[Na+]. The summed E-state index contributed by atoms with van der Waals surface area (Å²) in [5.74, 6) is -2.78. The third kappa shape index (κ3) is 3.96. The molecule has 3 N–H and O–H groups in total. The van der Waals surface area contributed by atoms with Gasteiger partial charge in [-0.05, 0) is 19.4 Å². The molecule has 4 atom stereocenters. The summed E-state index contributed by atoms with van der Waals surface area (Å²) in [6, 6.07) is 5.31. The minimum Gasteiger partial charge on any atom is -1.00 e. The monoisotopic (exact) mass is 438 g/mol. The molecule has 2 saturated heterocycles. The maximum atomic E-state index is 12.6. The van der Waals surface area contributed by atoms with Crippen molar-refractivity contribution in [3.05, 3.63) is 35.9 Å². The van der Waals surface area contributed by atoms with E-state index in [-0.39, 0.29) is 36.5 Å². The first-order valence-corrected chi connectivity index (χ1v) is 10.4. The van der Waals surface area contributed by atoms with E-state index >= 15 is 0 Å². The van der Waals surface area contributed by atoms with Crippen LogP contribution in [0.5, 0.6) is 0 Å². The topological polar surface area (TPSA) is 141 Å². The van der Waals surface area contributed by atoms with Gasteiger partial charge in [-0.3, -0.25) is 14.1 Å². The molecule has 3 rings (SSSR count). The Labute approximate surface area is 189 Å². The predicted molar refractivity (Wildman–Crippen MR) is 97.5 cm³/mol. The molecule has 1 aromatic rings. The Morgan fingerprint density at radius 1 is 1.29 bits per heavy atom. The zero-order chi connectivity index (χ0) is 20.1. The van der Waals surface area contributed by atoms with Crippen molar-refractivity contribution in [3.8, 4) is 0 Å². The maximum Gasteiger partial charge on any atom is 1.00 e. The van der Waals surface area contributed by atoms with Crippen LogP contribution in [0, 0.1) is 0 Å². The first-order chi connectivity index (χ1) is 12.4. The molecule has 2 amide bonds. The molecule has 2 aliphatic heterocycles. The van der Waals surface area contributed by atoms with Crippen LogP contribution in [0.4, 0.5) is 0 Å². The molecule has 0 spiro atoms. The summed E-state index contributed by atoms with van der Waals surface area (Å²) in [6.07, 6.45) is 0. The van der Waals surface area contributed by atoms with Gasteiger partial charge in [0.2, 0.25) is 11.8 Å². The van der Waals surface area contributed by atoms with Gasteiger partial charge < -0.3 is 16.7 Å². The molecule has 2 heterocycles. The van der Waals surface area contributed by atoms with E-state index in [2.05, 4.69) is 5.32 Å². The first-order valence-electron chi connectivity index (χ1n) is 7.99. The number of carboxylic acid groups (broad SMARTS) is 1. The number of aliphatic carboxylic acids is 1. The van der Waals surface area contributed by atoms with Gasteiger partial charge in [-0.15, -0.1) is 11.8 Å². The number of nitrogens with one attached hydrogen (secondary N) is 1. The minimum atomic E-state index is -4.77. The van der Waals surface area contributed by atoms with Gasteiger partial charge in [0.1, 0.15) is 17.5 Å². The average Bonchev–Trinajstić information content (AvgIpc) is 2.81. The second-order valence-corrected chi connectivity index (χ2v) is 10.2. The predicted octanol–water partition coefficient (Wildman–Crippen LogP) is -2.64. The fourth-order valence-electron chi connectivity index (χ4n) is 3.46. The maximum absolute atomic E-state index is 12.6. The Balaban J connectivity index is 0.00000210. The Morgan fingerprint density at radius 3 is 2.36 bits per heavy atom. The van der Waals surface area contributed by atoms with Crippen molar-refractivity contribution in [2.45, 2.75) is 41.3 Å². The van der Waals surface area contributed by atoms with Crippen molar-refractivity contribution < 1.29 is 63.4 Å². The van der Waals surface area contributed by atoms with Crippen LogP contribution in [0.3, 0.4) is 0 Å². The van der Waals surface area contributed by atoms with Crippen molar-refractivity contribution in [3.63, 3.8) is 0 Å². The van der Waals surface area contributed by atoms with Crippen LogP contribution < -0.4 is 34.9 Å². The Bertz CT molecular complexity index is 913. The van der Waals surface area contributed by atoms with Crippen LogP contribution in [-0.2, 0) is 24.5 Å². The standard InChI is InChI=1S/C16H18N2O7S2.Na.H/c1-16(2)11(15(21)22)18-13(20)9(14(18)26-16)17-12(19)10(27(23,24)25)8-6-4-3-5-7-8;;/h3-7,9-11,14H,1-2H3,(H,17,19)(H,21,22)(H,23,24,25);;/q;+1;-1/t9-,10?,11+,14-;;/m1../s1. The normalized spacial score (nSPS) is 26.5. The molecule has 0 aromatic heterocycles. The molecule has 0 bridgehead atoms. The van der Waals surface area contributed by atoms with E-state index in [1.54, 1.807) is 19.9 Å². The van der Waals surface area contributed by atoms with E-state index in [0.29, 0.717) is 0 Å². The molecule has 1 unspecified atom stereocenters. The molecule has 2 fully saturated rings. The van der Waals surface area contributed by atoms with Crippen LogP contribution in [0.1, 0.15) is 26.1 Å². The summed E-state index contributed by atoms with van der Waals surface area (Å²) in [7, 11) is -4.77. The van der Waals surface area contributed by atoms with Gasteiger partial charge in [-0.25, -0.2) is 4.79 Å². The molecule has 2 aliphatic rings. The number of carbonyl (C=O) groups excluding carboxylic acids is 2. The van der Waals surface area contributed by atoms with Crippen molar-refractivity contribution in [2.24, 2.45) is 0 Å². The summed E-state index contributed by atoms with van der Waals surface area (Å²) in [6.45, 7) is 3.37. The summed E-state index contributed by atoms with van der Waals surface area (Å²) >= 11 is 1.22. The number of amides is 2. The molecular weight excluding hydrogens is 419 g/mol. The fraction of sp³-hybridized carbons (Fsp3) is 0.438. The van der Waals surface area contributed by atoms with Gasteiger partial charge in [0.25, 0.3) is 10.1 Å². The number of hydrogen-bond donors (Lipinski definition) is 3. The van der Waals surface area contributed by atoms with E-state index < -0.39 is 55.4 Å². The number of β-lactam (4-membered cyclic amide) rings is 1. The number of thioether (sulfide) groups is 1. The van der Waals surface area contributed by atoms with E-state index in [1.807, 2.05) is 0 Å². The first kappa shape index (κ1) is 23.2. The summed E-state index contributed by atoms with van der Waals surface area (Å²) in [5.41, 5.74) is 0.0592. The second-order valence-electron chi connectivity index (χ2n) is 6.89. The average molecular weight is 438 g/mol. The van der Waals surface area contributed by atoms with Crippen molar-refractivity contribution >= 4 is 39.7 Å². The van der Waals surface area contributed by atoms with Gasteiger partial charge in [0, 0.05) is 4.75 Å². The number of fused-ring (bicyclic) bond motifs is 1. The Hall–Kier alpha value is -1.11. The van der Waals surface area contributed by atoms with Crippen LogP contribution in [-0.4, -0.2) is 63.0 Å². The number of benzene rings is 1. The third-order valence-electron chi connectivity index (χ3n) is 4.61. The molecule has 9 nitrogen and oxygen atoms in total. The molecule has 12 heteroatoms. The van der Waals surface area contributed by atoms with Gasteiger partial charge in [-0.2, -0.15) is 8.42 Å². The molecular formula is C16H19N2NaO7S2. The van der Waals surface area contributed by atoms with Gasteiger partial charge in [0.15, 0.2) is 5.25 Å². The minimum absolute atomic E-state index is 0. The van der Waals surface area contributed by atoms with Crippen molar-refractivity contribution in [1.29, 1.82) is 0 Å². The van der Waals surface area contributed by atoms with Crippen LogP contribution in [0.25, 0.3) is 0 Å². The Morgan fingerprint density at radius 2 is 1.86 bits per heavy atom. The third-order valence-corrected chi connectivity index (χ3v) is 7.26. The number of hydrogen-bond acceptors (Lipinski definition) is 6. The Kier molecular flexibility index (Phi) is 6.59. The summed E-state index contributed by atoms with van der Waals surface area (Å²) in [4.78, 5) is 37.7. The van der Waals surface area contributed by atoms with Crippen molar-refractivity contribution in [1.82, 2.24) is 10.2 Å². The molecule has 0 radical (unpaired) electrons. The quantitative estimate of drug-likeness (QED) is 0.258. The molecule has 1 aromatic carbocycles.